The maximum atomic E-state index is 12.4. The summed E-state index contributed by atoms with van der Waals surface area (Å²) in [6, 6.07) is 14.8. The molecule has 3 aromatic rings. The topological polar surface area (TPSA) is 52.6 Å². The fourth-order valence-corrected chi connectivity index (χ4v) is 8.52. The standard InChI is InChI=1S/C24H38O4.2C4H2Br2S/c1-3-5-7-9-11-15-19-27-23(25)21-17-13-14-18-22(21)24(26)28-20-16-12-10-8-6-4-2;2*5-3-1-2-4(6)7-3/h13-14,17-18H,3-12,15-16,19-20H2,1-2H3;2*1-2H. The molecule has 3 rings (SSSR count). The SMILES string of the molecule is Brc1ccc(Br)s1.Brc1ccc(Br)s1.CCCCCCCCOC(=O)c1ccccc1C(=O)OCCCCCCCC. The van der Waals surface area contributed by atoms with Crippen LogP contribution in [0.15, 0.2) is 63.7 Å². The van der Waals surface area contributed by atoms with Crippen molar-refractivity contribution in [3.8, 4) is 0 Å². The molecule has 0 saturated heterocycles. The zero-order valence-electron chi connectivity index (χ0n) is 24.5. The van der Waals surface area contributed by atoms with Crippen LogP contribution in [-0.4, -0.2) is 25.2 Å². The van der Waals surface area contributed by atoms with Crippen molar-refractivity contribution in [2.24, 2.45) is 0 Å². The number of rotatable bonds is 16. The molecule has 0 aliphatic rings. The number of hydrogen-bond donors (Lipinski definition) is 0. The normalized spacial score (nSPS) is 10.2. The fraction of sp³-hybridized carbons (Fsp3) is 0.500. The monoisotopic (exact) mass is 870 g/mol. The Morgan fingerprint density at radius 2 is 0.833 bits per heavy atom. The lowest BCUT2D eigenvalue weighted by Gasteiger charge is -2.10. The Kier molecular flexibility index (Phi) is 24.2. The van der Waals surface area contributed by atoms with Crippen molar-refractivity contribution in [3.05, 3.63) is 74.8 Å². The first-order valence-electron chi connectivity index (χ1n) is 14.5. The summed E-state index contributed by atoms with van der Waals surface area (Å²) in [5.74, 6) is -0.888. The highest BCUT2D eigenvalue weighted by Crippen LogP contribution is 2.26. The van der Waals surface area contributed by atoms with E-state index >= 15 is 0 Å². The van der Waals surface area contributed by atoms with E-state index in [0.717, 1.165) is 25.7 Å². The number of halogens is 4. The molecule has 0 amide bonds. The lowest BCUT2D eigenvalue weighted by molar-refractivity contribution is 0.0450. The molecule has 1 aromatic carbocycles. The van der Waals surface area contributed by atoms with Gasteiger partial charge >= 0.3 is 11.9 Å². The van der Waals surface area contributed by atoms with Gasteiger partial charge < -0.3 is 9.47 Å². The number of carbonyl (C=O) groups excluding carboxylic acids is 2. The Bertz CT molecular complexity index is 1010. The first-order valence-corrected chi connectivity index (χ1v) is 19.3. The molecule has 0 atom stereocenters. The van der Waals surface area contributed by atoms with E-state index in [1.54, 1.807) is 46.9 Å². The second-order valence-electron chi connectivity index (χ2n) is 9.44. The van der Waals surface area contributed by atoms with Gasteiger partial charge in [-0.15, -0.1) is 22.7 Å². The summed E-state index contributed by atoms with van der Waals surface area (Å²) in [6.07, 6.45) is 13.6. The zero-order valence-corrected chi connectivity index (χ0v) is 32.5. The van der Waals surface area contributed by atoms with Crippen molar-refractivity contribution in [2.75, 3.05) is 13.2 Å². The van der Waals surface area contributed by atoms with E-state index in [2.05, 4.69) is 77.6 Å². The van der Waals surface area contributed by atoms with Gasteiger partial charge in [-0.25, -0.2) is 9.59 Å². The molecule has 0 aliphatic heterocycles. The van der Waals surface area contributed by atoms with Crippen LogP contribution in [0.4, 0.5) is 0 Å². The van der Waals surface area contributed by atoms with Crippen LogP contribution in [0, 0.1) is 0 Å². The van der Waals surface area contributed by atoms with Gasteiger partial charge in [0, 0.05) is 0 Å². The summed E-state index contributed by atoms with van der Waals surface area (Å²) in [5, 5.41) is 0. The van der Waals surface area contributed by atoms with E-state index < -0.39 is 11.9 Å². The molecule has 10 heteroatoms. The predicted molar refractivity (Wildman–Crippen MR) is 193 cm³/mol. The highest BCUT2D eigenvalue weighted by atomic mass is 79.9. The molecule has 0 aliphatic carbocycles. The van der Waals surface area contributed by atoms with Crippen molar-refractivity contribution in [2.45, 2.75) is 90.9 Å². The number of esters is 2. The molecule has 4 nitrogen and oxygen atoms in total. The number of thiophene rings is 2. The highest BCUT2D eigenvalue weighted by Gasteiger charge is 2.18. The van der Waals surface area contributed by atoms with Gasteiger partial charge in [-0.05, 0) is 113 Å². The van der Waals surface area contributed by atoms with Crippen LogP contribution in [-0.2, 0) is 9.47 Å². The van der Waals surface area contributed by atoms with Crippen LogP contribution in [0.2, 0.25) is 0 Å². The molecule has 42 heavy (non-hydrogen) atoms. The number of benzene rings is 1. The Morgan fingerprint density at radius 3 is 1.12 bits per heavy atom. The van der Waals surface area contributed by atoms with Gasteiger partial charge in [0.2, 0.25) is 0 Å². The molecule has 0 N–H and O–H groups in total. The van der Waals surface area contributed by atoms with Gasteiger partial charge in [0.1, 0.15) is 0 Å². The third kappa shape index (κ3) is 19.7. The molecule has 0 radical (unpaired) electrons. The van der Waals surface area contributed by atoms with Gasteiger partial charge in [-0.2, -0.15) is 0 Å². The number of ether oxygens (including phenoxy) is 2. The molecule has 2 aromatic heterocycles. The Morgan fingerprint density at radius 1 is 0.524 bits per heavy atom. The minimum absolute atomic E-state index is 0.293. The van der Waals surface area contributed by atoms with E-state index in [4.69, 9.17) is 9.47 Å². The van der Waals surface area contributed by atoms with Gasteiger partial charge in [0.15, 0.2) is 0 Å². The third-order valence-corrected chi connectivity index (χ3v) is 10.2. The summed E-state index contributed by atoms with van der Waals surface area (Å²) >= 11 is 16.6. The summed E-state index contributed by atoms with van der Waals surface area (Å²) in [6.45, 7) is 5.17. The van der Waals surface area contributed by atoms with Crippen LogP contribution in [0.25, 0.3) is 0 Å². The molecule has 234 valence electrons. The lowest BCUT2D eigenvalue weighted by Crippen LogP contribution is -2.15. The van der Waals surface area contributed by atoms with Gasteiger partial charge in [0.05, 0.1) is 39.5 Å². The number of hydrogen-bond acceptors (Lipinski definition) is 6. The first-order chi connectivity index (χ1) is 20.3. The first kappa shape index (κ1) is 39.5. The molecule has 0 spiro atoms. The second kappa shape index (κ2) is 25.8. The van der Waals surface area contributed by atoms with E-state index in [1.165, 1.54) is 66.5 Å². The maximum absolute atomic E-state index is 12.4. The zero-order chi connectivity index (χ0) is 31.0. The summed E-state index contributed by atoms with van der Waals surface area (Å²) in [4.78, 5) is 24.7. The van der Waals surface area contributed by atoms with Crippen molar-refractivity contribution in [1.82, 2.24) is 0 Å². The van der Waals surface area contributed by atoms with E-state index in [9.17, 15) is 9.59 Å². The number of carbonyl (C=O) groups is 2. The smallest absolute Gasteiger partial charge is 0.339 e. The van der Waals surface area contributed by atoms with Crippen molar-refractivity contribution in [3.63, 3.8) is 0 Å². The largest absolute Gasteiger partial charge is 0.462 e. The second-order valence-corrected chi connectivity index (χ2v) is 17.1. The third-order valence-electron chi connectivity index (χ3n) is 5.91. The Balaban J connectivity index is 0.000000504. The molecular weight excluding hydrogens is 832 g/mol. The summed E-state index contributed by atoms with van der Waals surface area (Å²) < 4.78 is 15.4. The minimum Gasteiger partial charge on any atom is -0.462 e. The Labute approximate surface area is 293 Å². The van der Waals surface area contributed by atoms with Crippen LogP contribution in [0.1, 0.15) is 112 Å². The Hall–Kier alpha value is -0.520. The van der Waals surface area contributed by atoms with Gasteiger partial charge in [-0.1, -0.05) is 90.2 Å². The average Bonchev–Trinajstić information content (AvgIpc) is 3.56. The molecule has 0 saturated carbocycles. The summed E-state index contributed by atoms with van der Waals surface area (Å²) in [5.41, 5.74) is 0.586. The van der Waals surface area contributed by atoms with E-state index in [-0.39, 0.29) is 0 Å². The minimum atomic E-state index is -0.444. The van der Waals surface area contributed by atoms with Gasteiger partial charge in [0.25, 0.3) is 0 Å². The molecule has 0 fully saturated rings. The van der Waals surface area contributed by atoms with Crippen LogP contribution < -0.4 is 0 Å². The highest BCUT2D eigenvalue weighted by molar-refractivity contribution is 9.12. The van der Waals surface area contributed by atoms with Crippen LogP contribution >= 0.6 is 86.4 Å². The lowest BCUT2D eigenvalue weighted by atomic mass is 10.1. The van der Waals surface area contributed by atoms with E-state index in [1.807, 2.05) is 24.3 Å². The van der Waals surface area contributed by atoms with Crippen molar-refractivity contribution >= 4 is 98.3 Å². The summed E-state index contributed by atoms with van der Waals surface area (Å²) in [7, 11) is 0. The van der Waals surface area contributed by atoms with Crippen LogP contribution in [0.3, 0.4) is 0 Å². The van der Waals surface area contributed by atoms with Crippen molar-refractivity contribution < 1.29 is 19.1 Å². The maximum Gasteiger partial charge on any atom is 0.339 e. The van der Waals surface area contributed by atoms with E-state index in [0.29, 0.717) is 24.3 Å². The molecule has 2 heterocycles. The molecule has 0 unspecified atom stereocenters. The fourth-order valence-electron chi connectivity index (χ4n) is 3.67. The van der Waals surface area contributed by atoms with Crippen molar-refractivity contribution in [1.29, 1.82) is 0 Å². The molecular formula is C32H42Br4O4S2. The van der Waals surface area contributed by atoms with Crippen LogP contribution in [0.5, 0.6) is 0 Å². The number of unbranched alkanes of at least 4 members (excludes halogenated alkanes) is 10. The van der Waals surface area contributed by atoms with Gasteiger partial charge in [-0.3, -0.25) is 0 Å². The average molecular weight is 874 g/mol. The molecule has 0 bridgehead atoms. The predicted octanol–water partition coefficient (Wildman–Crippen LogP) is 13.3. The quantitative estimate of drug-likeness (QED) is 0.106.